The van der Waals surface area contributed by atoms with Crippen molar-refractivity contribution < 1.29 is 31.7 Å². The van der Waals surface area contributed by atoms with Crippen molar-refractivity contribution in [2.24, 2.45) is 9.50 Å². The standard InChI is InChI=1S/C18H20F4N4O3S2/c1-17(2,28)14-7-11(19)15(30-14)31(23,29)26-16(27)25-13-6-9(8-18(20,21)22)24-12-5-3-4-10(12)13/h6-7,28H,3-5,8H2,1-2H3,(H3,23,24,25,26,27,29)/t31-/m0/s1. The van der Waals surface area contributed by atoms with E-state index in [9.17, 15) is 31.7 Å². The molecule has 7 nitrogen and oxygen atoms in total. The Hall–Kier alpha value is -2.09. The van der Waals surface area contributed by atoms with E-state index in [0.717, 1.165) is 12.1 Å². The highest BCUT2D eigenvalue weighted by molar-refractivity contribution is 7.93. The third-order valence-electron chi connectivity index (χ3n) is 4.47. The predicted molar refractivity (Wildman–Crippen MR) is 108 cm³/mol. The van der Waals surface area contributed by atoms with Crippen molar-refractivity contribution in [2.45, 2.75) is 55.5 Å². The molecule has 0 spiro atoms. The molecule has 2 amide bonds. The first-order valence-corrected chi connectivity index (χ1v) is 11.5. The lowest BCUT2D eigenvalue weighted by molar-refractivity contribution is -0.127. The van der Waals surface area contributed by atoms with Gasteiger partial charge in [-0.15, -0.1) is 15.7 Å². The first kappa shape index (κ1) is 23.6. The van der Waals surface area contributed by atoms with Crippen molar-refractivity contribution >= 4 is 33.0 Å². The normalized spacial score (nSPS) is 16.0. The second-order valence-corrected chi connectivity index (χ2v) is 10.7. The van der Waals surface area contributed by atoms with Crippen molar-refractivity contribution in [3.63, 3.8) is 0 Å². The van der Waals surface area contributed by atoms with E-state index in [1.165, 1.54) is 13.8 Å². The van der Waals surface area contributed by atoms with E-state index in [-0.39, 0.29) is 16.3 Å². The molecule has 1 aliphatic carbocycles. The number of aryl methyl sites for hydroxylation is 1. The van der Waals surface area contributed by atoms with Gasteiger partial charge in [0, 0.05) is 16.3 Å². The number of nitrogens with two attached hydrogens (primary N) is 1. The number of carbonyl (C=O) groups is 1. The van der Waals surface area contributed by atoms with Crippen molar-refractivity contribution in [1.82, 2.24) is 4.98 Å². The molecule has 1 atom stereocenters. The minimum absolute atomic E-state index is 0.0783. The smallest absolute Gasteiger partial charge is 0.385 e. The Kier molecular flexibility index (Phi) is 6.17. The summed E-state index contributed by atoms with van der Waals surface area (Å²) in [4.78, 5) is 16.5. The first-order valence-electron chi connectivity index (χ1n) is 9.12. The summed E-state index contributed by atoms with van der Waals surface area (Å²) in [5, 5.41) is 17.9. The Bertz CT molecular complexity index is 1150. The molecule has 170 valence electrons. The number of rotatable bonds is 4. The van der Waals surface area contributed by atoms with Gasteiger partial charge in [0.25, 0.3) is 0 Å². The van der Waals surface area contributed by atoms with Gasteiger partial charge in [-0.25, -0.2) is 18.5 Å². The highest BCUT2D eigenvalue weighted by Gasteiger charge is 2.30. The van der Waals surface area contributed by atoms with E-state index in [4.69, 9.17) is 5.14 Å². The number of nitrogens with zero attached hydrogens (tertiary/aromatic N) is 2. The Morgan fingerprint density at radius 2 is 2.03 bits per heavy atom. The molecule has 0 unspecified atom stereocenters. The zero-order valence-electron chi connectivity index (χ0n) is 16.5. The molecule has 0 saturated heterocycles. The molecule has 31 heavy (non-hydrogen) atoms. The van der Waals surface area contributed by atoms with Crippen LogP contribution in [0.5, 0.6) is 0 Å². The van der Waals surface area contributed by atoms with Gasteiger partial charge in [-0.05, 0) is 50.8 Å². The Balaban J connectivity index is 1.92. The number of hydrogen-bond donors (Lipinski definition) is 3. The Labute approximate surface area is 180 Å². The van der Waals surface area contributed by atoms with Gasteiger partial charge in [0.15, 0.2) is 19.9 Å². The maximum atomic E-state index is 14.2. The van der Waals surface area contributed by atoms with E-state index < -0.39 is 44.2 Å². The molecule has 13 heteroatoms. The molecule has 0 bridgehead atoms. The second kappa shape index (κ2) is 8.11. The van der Waals surface area contributed by atoms with Gasteiger partial charge in [0.1, 0.15) is 0 Å². The lowest BCUT2D eigenvalue weighted by atomic mass is 10.1. The molecule has 0 fully saturated rings. The number of carbonyl (C=O) groups excluding carboxylic acids is 1. The Morgan fingerprint density at radius 3 is 2.61 bits per heavy atom. The minimum Gasteiger partial charge on any atom is -0.385 e. The number of alkyl halides is 3. The van der Waals surface area contributed by atoms with Gasteiger partial charge < -0.3 is 10.4 Å². The summed E-state index contributed by atoms with van der Waals surface area (Å²) in [6, 6.07) is 0.865. The lowest BCUT2D eigenvalue weighted by Crippen LogP contribution is -2.19. The lowest BCUT2D eigenvalue weighted by Gasteiger charge is -2.13. The number of anilines is 1. The molecular formula is C18H20F4N4O3S2. The van der Waals surface area contributed by atoms with Gasteiger partial charge >= 0.3 is 12.2 Å². The topological polar surface area (TPSA) is 118 Å². The van der Waals surface area contributed by atoms with Crippen LogP contribution in [0.2, 0.25) is 0 Å². The molecular weight excluding hydrogens is 460 g/mol. The van der Waals surface area contributed by atoms with Crippen LogP contribution >= 0.6 is 11.3 Å². The fourth-order valence-electron chi connectivity index (χ4n) is 3.16. The number of aromatic nitrogens is 1. The average Bonchev–Trinajstić information content (AvgIpc) is 3.18. The maximum absolute atomic E-state index is 14.2. The number of thiophene rings is 1. The average molecular weight is 481 g/mol. The first-order chi connectivity index (χ1) is 14.2. The number of halogens is 4. The van der Waals surface area contributed by atoms with E-state index >= 15 is 0 Å². The molecule has 0 aliphatic heterocycles. The summed E-state index contributed by atoms with van der Waals surface area (Å²) in [6.07, 6.45) is -4.13. The monoisotopic (exact) mass is 480 g/mol. The molecule has 0 radical (unpaired) electrons. The van der Waals surface area contributed by atoms with Crippen LogP contribution < -0.4 is 10.5 Å². The number of amides is 2. The number of fused-ring (bicyclic) bond motifs is 1. The summed E-state index contributed by atoms with van der Waals surface area (Å²) in [6.45, 7) is 2.79. The highest BCUT2D eigenvalue weighted by Crippen LogP contribution is 2.34. The maximum Gasteiger partial charge on any atom is 0.394 e. The molecule has 4 N–H and O–H groups in total. The van der Waals surface area contributed by atoms with Gasteiger partial charge in [-0.1, -0.05) is 0 Å². The van der Waals surface area contributed by atoms with Gasteiger partial charge in [-0.2, -0.15) is 13.2 Å². The summed E-state index contributed by atoms with van der Waals surface area (Å²) >= 11 is 0.616. The van der Waals surface area contributed by atoms with Crippen LogP contribution in [0.4, 0.5) is 28.0 Å². The number of hydrogen-bond acceptors (Lipinski definition) is 5. The van der Waals surface area contributed by atoms with Crippen molar-refractivity contribution in [3.8, 4) is 0 Å². The quantitative estimate of drug-likeness (QED) is 0.573. The zero-order valence-corrected chi connectivity index (χ0v) is 18.2. The van der Waals surface area contributed by atoms with Crippen LogP contribution in [-0.2, 0) is 34.8 Å². The van der Waals surface area contributed by atoms with E-state index in [2.05, 4.69) is 14.7 Å². The van der Waals surface area contributed by atoms with Gasteiger partial charge in [0.2, 0.25) is 0 Å². The highest BCUT2D eigenvalue weighted by atomic mass is 32.2. The van der Waals surface area contributed by atoms with Crippen LogP contribution in [0.1, 0.15) is 42.1 Å². The van der Waals surface area contributed by atoms with Crippen molar-refractivity contribution in [2.75, 3.05) is 5.32 Å². The fourth-order valence-corrected chi connectivity index (χ4v) is 5.50. The molecule has 0 saturated carbocycles. The van der Waals surface area contributed by atoms with Crippen molar-refractivity contribution in [1.29, 1.82) is 0 Å². The van der Waals surface area contributed by atoms with Crippen LogP contribution in [0, 0.1) is 5.82 Å². The minimum atomic E-state index is -4.48. The summed E-state index contributed by atoms with van der Waals surface area (Å²) < 4.78 is 68.1. The molecule has 2 aromatic rings. The largest absolute Gasteiger partial charge is 0.394 e. The number of pyridine rings is 1. The van der Waals surface area contributed by atoms with Gasteiger partial charge in [-0.3, -0.25) is 4.98 Å². The van der Waals surface area contributed by atoms with E-state index in [0.29, 0.717) is 41.9 Å². The Morgan fingerprint density at radius 1 is 1.35 bits per heavy atom. The SMILES string of the molecule is CC(C)(O)c1cc(F)c([S@@](N)(=O)=NC(=O)Nc2cc(CC(F)(F)F)nc3c2CCC3)s1. The van der Waals surface area contributed by atoms with Crippen LogP contribution in [0.25, 0.3) is 0 Å². The molecule has 2 heterocycles. The summed E-state index contributed by atoms with van der Waals surface area (Å²) in [7, 11) is -4.00. The summed E-state index contributed by atoms with van der Waals surface area (Å²) in [5.41, 5.74) is -0.589. The molecule has 1 aliphatic rings. The fraction of sp³-hybridized carbons (Fsp3) is 0.444. The van der Waals surface area contributed by atoms with Crippen LogP contribution in [0.3, 0.4) is 0 Å². The molecule has 2 aromatic heterocycles. The van der Waals surface area contributed by atoms with E-state index in [1.54, 1.807) is 0 Å². The van der Waals surface area contributed by atoms with Crippen LogP contribution in [0.15, 0.2) is 20.7 Å². The van der Waals surface area contributed by atoms with Crippen LogP contribution in [-0.4, -0.2) is 26.5 Å². The van der Waals surface area contributed by atoms with Gasteiger partial charge in [0.05, 0.1) is 17.7 Å². The number of urea groups is 1. The summed E-state index contributed by atoms with van der Waals surface area (Å²) in [5.74, 6) is -0.983. The zero-order chi connectivity index (χ0) is 23.2. The molecule has 0 aromatic carbocycles. The molecule has 3 rings (SSSR count). The predicted octanol–water partition coefficient (Wildman–Crippen LogP) is 4.04. The third kappa shape index (κ3) is 5.59. The third-order valence-corrected chi connectivity index (χ3v) is 7.82. The van der Waals surface area contributed by atoms with E-state index in [1.807, 2.05) is 0 Å². The second-order valence-electron chi connectivity index (χ2n) is 7.63. The number of aliphatic hydroxyl groups is 1. The van der Waals surface area contributed by atoms with Crippen molar-refractivity contribution in [3.05, 3.63) is 39.8 Å². The number of nitrogens with one attached hydrogen (secondary N) is 1.